The Labute approximate surface area is 199 Å². The van der Waals surface area contributed by atoms with Crippen molar-refractivity contribution >= 4 is 23.3 Å². The molecule has 0 unspecified atom stereocenters. The van der Waals surface area contributed by atoms with Gasteiger partial charge in [0.2, 0.25) is 0 Å². The van der Waals surface area contributed by atoms with Crippen LogP contribution in [-0.2, 0) is 11.2 Å². The number of benzene rings is 2. The van der Waals surface area contributed by atoms with Crippen LogP contribution in [-0.4, -0.2) is 47.9 Å². The Kier molecular flexibility index (Phi) is 5.91. The van der Waals surface area contributed by atoms with Crippen molar-refractivity contribution in [1.29, 1.82) is 0 Å². The van der Waals surface area contributed by atoms with Gasteiger partial charge in [-0.3, -0.25) is 14.6 Å². The molecule has 1 saturated heterocycles. The van der Waals surface area contributed by atoms with Crippen LogP contribution in [0.2, 0.25) is 5.02 Å². The Bertz CT molecular complexity index is 1290. The number of Topliss-reactive ketones (excluding diaryl/α,β-unsaturated/α-hetero) is 1. The summed E-state index contributed by atoms with van der Waals surface area (Å²) < 4.78 is 39.3. The Balaban J connectivity index is 1.23. The third-order valence-corrected chi connectivity index (χ3v) is 6.07. The van der Waals surface area contributed by atoms with E-state index in [2.05, 4.69) is 4.98 Å². The number of amides is 1. The number of ketones is 1. The summed E-state index contributed by atoms with van der Waals surface area (Å²) in [6, 6.07) is 8.98. The van der Waals surface area contributed by atoms with Crippen molar-refractivity contribution in [2.24, 2.45) is 5.92 Å². The SMILES string of the molecule is O=C1COc2cc(F)c(C(=O)N3CC(COc4ccc(Cl)cc4-c4cncc(F)c4)C3)cc2C1. The summed E-state index contributed by atoms with van der Waals surface area (Å²) in [5.74, 6) is -0.831. The van der Waals surface area contributed by atoms with E-state index < -0.39 is 17.5 Å². The number of aromatic nitrogens is 1. The van der Waals surface area contributed by atoms with E-state index >= 15 is 0 Å². The number of fused-ring (bicyclic) bond motifs is 1. The van der Waals surface area contributed by atoms with Crippen LogP contribution in [0.3, 0.4) is 0 Å². The lowest BCUT2D eigenvalue weighted by atomic mass is 9.97. The number of hydrogen-bond donors (Lipinski definition) is 0. The molecule has 174 valence electrons. The summed E-state index contributed by atoms with van der Waals surface area (Å²) in [6.07, 6.45) is 2.76. The number of halogens is 3. The smallest absolute Gasteiger partial charge is 0.256 e. The molecular formula is C25H19ClF2N2O4. The third kappa shape index (κ3) is 4.46. The van der Waals surface area contributed by atoms with Gasteiger partial charge in [0.1, 0.15) is 29.7 Å². The number of carbonyl (C=O) groups is 2. The Morgan fingerprint density at radius 1 is 1.18 bits per heavy atom. The fourth-order valence-electron chi connectivity index (χ4n) is 4.09. The lowest BCUT2D eigenvalue weighted by Gasteiger charge is -2.39. The summed E-state index contributed by atoms with van der Waals surface area (Å²) in [5, 5.41) is 0.478. The zero-order valence-electron chi connectivity index (χ0n) is 17.9. The molecule has 34 heavy (non-hydrogen) atoms. The van der Waals surface area contributed by atoms with Crippen molar-refractivity contribution in [3.05, 3.63) is 76.6 Å². The zero-order valence-corrected chi connectivity index (χ0v) is 18.6. The fourth-order valence-corrected chi connectivity index (χ4v) is 4.26. The lowest BCUT2D eigenvalue weighted by molar-refractivity contribution is -0.121. The average Bonchev–Trinajstić information content (AvgIpc) is 2.78. The number of carbonyl (C=O) groups excluding carboxylic acids is 2. The zero-order chi connectivity index (χ0) is 23.8. The highest BCUT2D eigenvalue weighted by Crippen LogP contribution is 2.34. The van der Waals surface area contributed by atoms with E-state index in [0.29, 0.717) is 52.9 Å². The van der Waals surface area contributed by atoms with Crippen molar-refractivity contribution < 1.29 is 27.8 Å². The van der Waals surface area contributed by atoms with Crippen molar-refractivity contribution in [2.45, 2.75) is 6.42 Å². The summed E-state index contributed by atoms with van der Waals surface area (Å²) in [4.78, 5) is 29.8. The molecule has 0 saturated carbocycles. The van der Waals surface area contributed by atoms with Crippen LogP contribution in [0.15, 0.2) is 48.8 Å². The topological polar surface area (TPSA) is 68.7 Å². The average molecular weight is 485 g/mol. The molecule has 3 aromatic rings. The molecule has 1 aromatic heterocycles. The molecule has 0 bridgehead atoms. The minimum atomic E-state index is -0.674. The first kappa shape index (κ1) is 22.3. The molecule has 2 aliphatic heterocycles. The molecule has 6 nitrogen and oxygen atoms in total. The molecule has 0 aliphatic carbocycles. The number of rotatable bonds is 5. The second kappa shape index (κ2) is 9.02. The van der Waals surface area contributed by atoms with Crippen LogP contribution in [0, 0.1) is 17.6 Å². The number of nitrogens with zero attached hydrogens (tertiary/aromatic N) is 2. The Morgan fingerprint density at radius 3 is 2.79 bits per heavy atom. The molecule has 2 aliphatic rings. The first-order valence-corrected chi connectivity index (χ1v) is 11.0. The van der Waals surface area contributed by atoms with Gasteiger partial charge in [-0.15, -0.1) is 0 Å². The van der Waals surface area contributed by atoms with Gasteiger partial charge in [0.25, 0.3) is 5.91 Å². The van der Waals surface area contributed by atoms with Gasteiger partial charge in [-0.05, 0) is 30.3 Å². The van der Waals surface area contributed by atoms with Crippen LogP contribution in [0.25, 0.3) is 11.1 Å². The highest BCUT2D eigenvalue weighted by Gasteiger charge is 2.34. The highest BCUT2D eigenvalue weighted by molar-refractivity contribution is 6.31. The van der Waals surface area contributed by atoms with Crippen LogP contribution < -0.4 is 9.47 Å². The minimum absolute atomic E-state index is 0.0451. The van der Waals surface area contributed by atoms with Gasteiger partial charge >= 0.3 is 0 Å². The molecule has 1 fully saturated rings. The number of ether oxygens (including phenoxy) is 2. The molecule has 5 rings (SSSR count). The van der Waals surface area contributed by atoms with Crippen LogP contribution >= 0.6 is 11.6 Å². The van der Waals surface area contributed by atoms with Gasteiger partial charge in [-0.2, -0.15) is 0 Å². The maximum absolute atomic E-state index is 14.5. The van der Waals surface area contributed by atoms with Gasteiger partial charge in [-0.1, -0.05) is 11.6 Å². The van der Waals surface area contributed by atoms with E-state index in [1.165, 1.54) is 29.3 Å². The quantitative estimate of drug-likeness (QED) is 0.539. The second-order valence-electron chi connectivity index (χ2n) is 8.36. The van der Waals surface area contributed by atoms with Crippen molar-refractivity contribution in [1.82, 2.24) is 9.88 Å². The molecule has 9 heteroatoms. The maximum atomic E-state index is 14.5. The van der Waals surface area contributed by atoms with Gasteiger partial charge in [0.15, 0.2) is 5.78 Å². The maximum Gasteiger partial charge on any atom is 0.256 e. The van der Waals surface area contributed by atoms with Gasteiger partial charge in [0, 0.05) is 59.4 Å². The van der Waals surface area contributed by atoms with E-state index in [4.69, 9.17) is 21.1 Å². The molecule has 0 N–H and O–H groups in total. The van der Waals surface area contributed by atoms with E-state index in [1.807, 2.05) is 0 Å². The summed E-state index contributed by atoms with van der Waals surface area (Å²) >= 11 is 6.11. The predicted octanol–water partition coefficient (Wildman–Crippen LogP) is 4.34. The van der Waals surface area contributed by atoms with E-state index in [9.17, 15) is 18.4 Å². The summed E-state index contributed by atoms with van der Waals surface area (Å²) in [7, 11) is 0. The second-order valence-corrected chi connectivity index (χ2v) is 8.80. The Morgan fingerprint density at radius 2 is 2.00 bits per heavy atom. The van der Waals surface area contributed by atoms with Crippen LogP contribution in [0.5, 0.6) is 11.5 Å². The molecule has 2 aromatic carbocycles. The minimum Gasteiger partial charge on any atom is -0.493 e. The first-order chi connectivity index (χ1) is 16.4. The Hall–Kier alpha value is -3.52. The van der Waals surface area contributed by atoms with Crippen LogP contribution in [0.4, 0.5) is 8.78 Å². The summed E-state index contributed by atoms with van der Waals surface area (Å²) in [5.41, 5.74) is 1.59. The van der Waals surface area contributed by atoms with Gasteiger partial charge in [-0.25, -0.2) is 8.78 Å². The van der Waals surface area contributed by atoms with Gasteiger partial charge in [0.05, 0.1) is 18.4 Å². The van der Waals surface area contributed by atoms with E-state index in [-0.39, 0.29) is 30.3 Å². The summed E-state index contributed by atoms with van der Waals surface area (Å²) in [6.45, 7) is 1.03. The van der Waals surface area contributed by atoms with Crippen molar-refractivity contribution in [3.63, 3.8) is 0 Å². The first-order valence-electron chi connectivity index (χ1n) is 10.7. The molecule has 3 heterocycles. The van der Waals surface area contributed by atoms with E-state index in [1.54, 1.807) is 18.2 Å². The van der Waals surface area contributed by atoms with Crippen molar-refractivity contribution in [2.75, 3.05) is 26.3 Å². The normalized spacial score (nSPS) is 15.4. The van der Waals surface area contributed by atoms with Crippen molar-refractivity contribution in [3.8, 4) is 22.6 Å². The highest BCUT2D eigenvalue weighted by atomic mass is 35.5. The molecule has 1 amide bonds. The standard InChI is InChI=1S/C25H19ClF2N2O4/c26-17-1-2-23(20(6-17)16-3-18(27)9-29-8-16)33-12-14-10-30(11-14)25(32)21-5-15-4-19(31)13-34-24(15)7-22(21)28/h1-3,5-9,14H,4,10-13H2. The molecule has 0 radical (unpaired) electrons. The number of pyridine rings is 1. The monoisotopic (exact) mass is 484 g/mol. The lowest BCUT2D eigenvalue weighted by Crippen LogP contribution is -2.52. The third-order valence-electron chi connectivity index (χ3n) is 5.83. The number of hydrogen-bond acceptors (Lipinski definition) is 5. The molecular weight excluding hydrogens is 466 g/mol. The largest absolute Gasteiger partial charge is 0.493 e. The van der Waals surface area contributed by atoms with E-state index in [0.717, 1.165) is 6.20 Å². The number of likely N-dealkylation sites (tertiary alicyclic amines) is 1. The molecule has 0 atom stereocenters. The molecule has 0 spiro atoms. The van der Waals surface area contributed by atoms with Crippen LogP contribution in [0.1, 0.15) is 15.9 Å². The predicted molar refractivity (Wildman–Crippen MR) is 120 cm³/mol. The fraction of sp³-hybridized carbons (Fsp3) is 0.240. The van der Waals surface area contributed by atoms with Gasteiger partial charge < -0.3 is 14.4 Å².